The van der Waals surface area contributed by atoms with Gasteiger partial charge in [-0.1, -0.05) is 15.9 Å². The number of rotatable bonds is 4. The molecule has 0 saturated heterocycles. The van der Waals surface area contributed by atoms with E-state index in [1.54, 1.807) is 6.20 Å². The van der Waals surface area contributed by atoms with Crippen LogP contribution in [0.1, 0.15) is 0 Å². The number of halogens is 1. The van der Waals surface area contributed by atoms with Crippen molar-refractivity contribution in [1.82, 2.24) is 9.78 Å². The molecule has 3 nitrogen and oxygen atoms in total. The minimum absolute atomic E-state index is 0.628. The Kier molecular flexibility index (Phi) is 3.40. The third-order valence-electron chi connectivity index (χ3n) is 1.96. The molecule has 0 bridgehead atoms. The van der Waals surface area contributed by atoms with Gasteiger partial charge >= 0.3 is 0 Å². The predicted molar refractivity (Wildman–Crippen MR) is 61.9 cm³/mol. The second-order valence-electron chi connectivity index (χ2n) is 3.07. The number of hydrogen-bond donors (Lipinski definition) is 0. The fraction of sp³-hybridized carbons (Fsp3) is 0.182. The highest BCUT2D eigenvalue weighted by molar-refractivity contribution is 9.10. The largest absolute Gasteiger partial charge is 0.492 e. The molecule has 1 aromatic heterocycles. The molecule has 0 fully saturated rings. The molecular weight excluding hydrogens is 256 g/mol. The molecule has 0 aliphatic carbocycles. The second-order valence-corrected chi connectivity index (χ2v) is 3.99. The first kappa shape index (κ1) is 10.2. The number of hydrogen-bond acceptors (Lipinski definition) is 2. The van der Waals surface area contributed by atoms with E-state index in [4.69, 9.17) is 4.74 Å². The van der Waals surface area contributed by atoms with Gasteiger partial charge in [0.05, 0.1) is 6.54 Å². The van der Waals surface area contributed by atoms with E-state index in [1.165, 1.54) is 0 Å². The van der Waals surface area contributed by atoms with Gasteiger partial charge in [0.15, 0.2) is 0 Å². The Hall–Kier alpha value is -1.29. The van der Waals surface area contributed by atoms with Crippen molar-refractivity contribution in [3.63, 3.8) is 0 Å². The first-order valence-electron chi connectivity index (χ1n) is 4.70. The highest BCUT2D eigenvalue weighted by Crippen LogP contribution is 2.15. The number of nitrogens with zero attached hydrogens (tertiary/aromatic N) is 2. The smallest absolute Gasteiger partial charge is 0.119 e. The van der Waals surface area contributed by atoms with Gasteiger partial charge in [-0.05, 0) is 30.3 Å². The van der Waals surface area contributed by atoms with Crippen LogP contribution >= 0.6 is 15.9 Å². The van der Waals surface area contributed by atoms with Crippen LogP contribution in [0.2, 0.25) is 0 Å². The lowest BCUT2D eigenvalue weighted by Gasteiger charge is -2.05. The summed E-state index contributed by atoms with van der Waals surface area (Å²) in [6.07, 6.45) is 3.69. The second kappa shape index (κ2) is 4.98. The minimum Gasteiger partial charge on any atom is -0.492 e. The van der Waals surface area contributed by atoms with E-state index < -0.39 is 0 Å². The Bertz CT molecular complexity index is 397. The summed E-state index contributed by atoms with van der Waals surface area (Å²) in [5.41, 5.74) is 0. The average Bonchev–Trinajstić information content (AvgIpc) is 2.74. The summed E-state index contributed by atoms with van der Waals surface area (Å²) in [5.74, 6) is 0.880. The van der Waals surface area contributed by atoms with Gasteiger partial charge in [0, 0.05) is 16.9 Å². The molecule has 0 aliphatic heterocycles. The molecule has 0 amide bonds. The predicted octanol–water partition coefficient (Wildman–Crippen LogP) is 2.72. The molecule has 0 saturated carbocycles. The highest BCUT2D eigenvalue weighted by Gasteiger charge is 1.94. The molecule has 0 N–H and O–H groups in total. The summed E-state index contributed by atoms with van der Waals surface area (Å²) in [5, 5.41) is 4.09. The van der Waals surface area contributed by atoms with Crippen LogP contribution in [0, 0.1) is 0 Å². The number of ether oxygens (including phenoxy) is 1. The Morgan fingerprint density at radius 1 is 1.27 bits per heavy atom. The van der Waals surface area contributed by atoms with Crippen molar-refractivity contribution in [2.45, 2.75) is 6.54 Å². The van der Waals surface area contributed by atoms with Crippen LogP contribution in [0.3, 0.4) is 0 Å². The van der Waals surface area contributed by atoms with Crippen molar-refractivity contribution in [2.24, 2.45) is 0 Å². The number of benzene rings is 1. The highest BCUT2D eigenvalue weighted by atomic mass is 79.9. The molecule has 1 aromatic carbocycles. The van der Waals surface area contributed by atoms with Gasteiger partial charge in [-0.2, -0.15) is 5.10 Å². The molecule has 2 rings (SSSR count). The molecule has 0 aliphatic rings. The zero-order valence-electron chi connectivity index (χ0n) is 8.14. The molecule has 15 heavy (non-hydrogen) atoms. The maximum absolute atomic E-state index is 5.55. The van der Waals surface area contributed by atoms with Gasteiger partial charge in [0.25, 0.3) is 0 Å². The van der Waals surface area contributed by atoms with E-state index in [1.807, 2.05) is 41.2 Å². The van der Waals surface area contributed by atoms with Crippen LogP contribution in [0.5, 0.6) is 5.75 Å². The van der Waals surface area contributed by atoms with Gasteiger partial charge in [0.2, 0.25) is 0 Å². The Balaban J connectivity index is 1.81. The van der Waals surface area contributed by atoms with Gasteiger partial charge in [-0.15, -0.1) is 0 Å². The van der Waals surface area contributed by atoms with Crippen molar-refractivity contribution in [3.8, 4) is 5.75 Å². The summed E-state index contributed by atoms with van der Waals surface area (Å²) in [6, 6.07) is 9.70. The average molecular weight is 267 g/mol. The Morgan fingerprint density at radius 3 is 2.73 bits per heavy atom. The van der Waals surface area contributed by atoms with Crippen LogP contribution in [-0.4, -0.2) is 16.4 Å². The monoisotopic (exact) mass is 266 g/mol. The standard InChI is InChI=1S/C11H11BrN2O/c12-10-2-4-11(5-3-10)15-9-8-14-7-1-6-13-14/h1-7H,8-9H2. The molecular formula is C11H11BrN2O. The number of aromatic nitrogens is 2. The summed E-state index contributed by atoms with van der Waals surface area (Å²) in [7, 11) is 0. The van der Waals surface area contributed by atoms with Crippen molar-refractivity contribution in [3.05, 3.63) is 47.2 Å². The van der Waals surface area contributed by atoms with E-state index >= 15 is 0 Å². The van der Waals surface area contributed by atoms with E-state index in [-0.39, 0.29) is 0 Å². The lowest BCUT2D eigenvalue weighted by molar-refractivity contribution is 0.291. The molecule has 78 valence electrons. The first-order chi connectivity index (χ1) is 7.34. The lowest BCUT2D eigenvalue weighted by Crippen LogP contribution is -2.08. The molecule has 0 unspecified atom stereocenters. The van der Waals surface area contributed by atoms with Crippen LogP contribution < -0.4 is 4.74 Å². The van der Waals surface area contributed by atoms with Crippen LogP contribution in [-0.2, 0) is 6.54 Å². The van der Waals surface area contributed by atoms with Crippen molar-refractivity contribution >= 4 is 15.9 Å². The molecule has 0 spiro atoms. The summed E-state index contributed by atoms with van der Waals surface area (Å²) >= 11 is 3.38. The molecule has 0 radical (unpaired) electrons. The van der Waals surface area contributed by atoms with E-state index in [2.05, 4.69) is 21.0 Å². The van der Waals surface area contributed by atoms with Gasteiger partial charge < -0.3 is 4.74 Å². The maximum Gasteiger partial charge on any atom is 0.119 e. The van der Waals surface area contributed by atoms with Crippen LogP contribution in [0.4, 0.5) is 0 Å². The maximum atomic E-state index is 5.55. The van der Waals surface area contributed by atoms with Crippen molar-refractivity contribution < 1.29 is 4.74 Å². The summed E-state index contributed by atoms with van der Waals surface area (Å²) in [4.78, 5) is 0. The third kappa shape index (κ3) is 3.09. The normalized spacial score (nSPS) is 10.2. The molecule has 4 heteroatoms. The van der Waals surface area contributed by atoms with E-state index in [9.17, 15) is 0 Å². The first-order valence-corrected chi connectivity index (χ1v) is 5.50. The Labute approximate surface area is 96.8 Å². The quantitative estimate of drug-likeness (QED) is 0.851. The zero-order valence-corrected chi connectivity index (χ0v) is 9.72. The fourth-order valence-corrected chi connectivity index (χ4v) is 1.48. The lowest BCUT2D eigenvalue weighted by atomic mass is 10.3. The van der Waals surface area contributed by atoms with E-state index in [0.717, 1.165) is 16.8 Å². The fourth-order valence-electron chi connectivity index (χ4n) is 1.22. The van der Waals surface area contributed by atoms with Gasteiger partial charge in [-0.3, -0.25) is 4.68 Å². The van der Waals surface area contributed by atoms with Gasteiger partial charge in [0.1, 0.15) is 12.4 Å². The summed E-state index contributed by atoms with van der Waals surface area (Å²) < 4.78 is 8.46. The van der Waals surface area contributed by atoms with E-state index in [0.29, 0.717) is 6.61 Å². The Morgan fingerprint density at radius 2 is 2.07 bits per heavy atom. The van der Waals surface area contributed by atoms with Crippen LogP contribution in [0.25, 0.3) is 0 Å². The molecule has 0 atom stereocenters. The molecule has 1 heterocycles. The molecule has 2 aromatic rings. The van der Waals surface area contributed by atoms with Gasteiger partial charge in [-0.25, -0.2) is 0 Å². The van der Waals surface area contributed by atoms with Crippen LogP contribution in [0.15, 0.2) is 47.2 Å². The SMILES string of the molecule is Brc1ccc(OCCn2cccn2)cc1. The summed E-state index contributed by atoms with van der Waals surface area (Å²) in [6.45, 7) is 1.40. The zero-order chi connectivity index (χ0) is 10.5. The minimum atomic E-state index is 0.628. The third-order valence-corrected chi connectivity index (χ3v) is 2.49. The van der Waals surface area contributed by atoms with Crippen molar-refractivity contribution in [2.75, 3.05) is 6.61 Å². The topological polar surface area (TPSA) is 27.1 Å². The van der Waals surface area contributed by atoms with Crippen molar-refractivity contribution in [1.29, 1.82) is 0 Å².